The van der Waals surface area contributed by atoms with Crippen LogP contribution in [0.3, 0.4) is 0 Å². The third-order valence-corrected chi connectivity index (χ3v) is 5.58. The predicted molar refractivity (Wildman–Crippen MR) is 120 cm³/mol. The van der Waals surface area contributed by atoms with Crippen LogP contribution in [-0.4, -0.2) is 57.0 Å². The van der Waals surface area contributed by atoms with Crippen LogP contribution in [0.2, 0.25) is 0 Å². The molecule has 1 aliphatic rings. The SMILES string of the molecule is COc1ccc(C(O)=C2C(=O)C(=O)N(CCCn3ccnc3)C2c2cccnc2)c(OC)c1. The summed E-state index contributed by atoms with van der Waals surface area (Å²) in [6.45, 7) is 0.952. The number of pyridine rings is 1. The highest BCUT2D eigenvalue weighted by molar-refractivity contribution is 6.46. The highest BCUT2D eigenvalue weighted by Gasteiger charge is 2.46. The first kappa shape index (κ1) is 22.1. The van der Waals surface area contributed by atoms with Gasteiger partial charge in [0.1, 0.15) is 17.3 Å². The lowest BCUT2D eigenvalue weighted by atomic mass is 9.96. The van der Waals surface area contributed by atoms with E-state index < -0.39 is 17.7 Å². The van der Waals surface area contributed by atoms with Crippen LogP contribution in [0.4, 0.5) is 0 Å². The molecule has 1 amide bonds. The van der Waals surface area contributed by atoms with E-state index in [1.165, 1.54) is 19.1 Å². The van der Waals surface area contributed by atoms with Gasteiger partial charge in [0.25, 0.3) is 11.7 Å². The highest BCUT2D eigenvalue weighted by Crippen LogP contribution is 2.41. The van der Waals surface area contributed by atoms with Gasteiger partial charge in [-0.05, 0) is 30.2 Å². The largest absolute Gasteiger partial charge is 0.507 e. The number of nitrogens with zero attached hydrogens (tertiary/aromatic N) is 4. The summed E-state index contributed by atoms with van der Waals surface area (Å²) < 4.78 is 12.5. The average Bonchev–Trinajstić information content (AvgIpc) is 3.46. The van der Waals surface area contributed by atoms with Crippen molar-refractivity contribution in [2.75, 3.05) is 20.8 Å². The second-order valence-electron chi connectivity index (χ2n) is 7.50. The molecule has 4 rings (SSSR count). The molecule has 1 atom stereocenters. The molecule has 0 bridgehead atoms. The summed E-state index contributed by atoms with van der Waals surface area (Å²) in [7, 11) is 2.98. The van der Waals surface area contributed by atoms with Crippen molar-refractivity contribution < 1.29 is 24.2 Å². The number of aryl methyl sites for hydroxylation is 1. The molecule has 9 nitrogen and oxygen atoms in total. The summed E-state index contributed by atoms with van der Waals surface area (Å²) in [5.74, 6) is -0.862. The molecule has 0 aliphatic carbocycles. The van der Waals surface area contributed by atoms with E-state index in [-0.39, 0.29) is 11.3 Å². The summed E-state index contributed by atoms with van der Waals surface area (Å²) in [4.78, 5) is 35.8. The molecule has 3 aromatic rings. The molecule has 1 aliphatic heterocycles. The van der Waals surface area contributed by atoms with Crippen molar-refractivity contribution in [1.29, 1.82) is 0 Å². The van der Waals surface area contributed by atoms with Gasteiger partial charge in [-0.15, -0.1) is 0 Å². The topological polar surface area (TPSA) is 107 Å². The molecule has 1 N–H and O–H groups in total. The third-order valence-electron chi connectivity index (χ3n) is 5.58. The third kappa shape index (κ3) is 4.30. The number of imidazole rings is 1. The normalized spacial score (nSPS) is 17.4. The van der Waals surface area contributed by atoms with Crippen molar-refractivity contribution in [1.82, 2.24) is 19.4 Å². The van der Waals surface area contributed by atoms with Crippen molar-refractivity contribution in [3.63, 3.8) is 0 Å². The molecular formula is C24H24N4O5. The van der Waals surface area contributed by atoms with Crippen LogP contribution in [-0.2, 0) is 16.1 Å². The van der Waals surface area contributed by atoms with Crippen LogP contribution in [0.5, 0.6) is 11.5 Å². The molecule has 0 radical (unpaired) electrons. The lowest BCUT2D eigenvalue weighted by Gasteiger charge is -2.25. The second-order valence-corrected chi connectivity index (χ2v) is 7.50. The molecule has 1 unspecified atom stereocenters. The smallest absolute Gasteiger partial charge is 0.295 e. The maximum atomic E-state index is 13.1. The van der Waals surface area contributed by atoms with Crippen LogP contribution in [0.15, 0.2) is 67.0 Å². The molecule has 3 heterocycles. The molecule has 1 saturated heterocycles. The molecule has 33 heavy (non-hydrogen) atoms. The molecule has 0 saturated carbocycles. The van der Waals surface area contributed by atoms with E-state index in [9.17, 15) is 14.7 Å². The number of aromatic nitrogens is 3. The first-order chi connectivity index (χ1) is 16.0. The van der Waals surface area contributed by atoms with Crippen LogP contribution in [0, 0.1) is 0 Å². The molecular weight excluding hydrogens is 424 g/mol. The number of aliphatic hydroxyl groups is 1. The van der Waals surface area contributed by atoms with Gasteiger partial charge in [-0.1, -0.05) is 6.07 Å². The number of carbonyl (C=O) groups excluding carboxylic acids is 2. The molecule has 2 aromatic heterocycles. The van der Waals surface area contributed by atoms with Crippen LogP contribution in [0.25, 0.3) is 5.76 Å². The summed E-state index contributed by atoms with van der Waals surface area (Å²) in [5, 5.41) is 11.2. The van der Waals surface area contributed by atoms with Crippen LogP contribution < -0.4 is 9.47 Å². The number of methoxy groups -OCH3 is 2. The first-order valence-electron chi connectivity index (χ1n) is 10.4. The van der Waals surface area contributed by atoms with Crippen molar-refractivity contribution in [2.45, 2.75) is 19.0 Å². The number of carbonyl (C=O) groups is 2. The standard InChI is InChI=1S/C24H24N4O5/c1-32-17-6-7-18(19(13-17)33-2)22(29)20-21(16-5-3-8-25-14-16)28(24(31)23(20)30)11-4-10-27-12-9-26-15-27/h3,5-9,12-15,21,29H,4,10-11H2,1-2H3. The quantitative estimate of drug-likeness (QED) is 0.321. The van der Waals surface area contributed by atoms with Gasteiger partial charge >= 0.3 is 0 Å². The van der Waals surface area contributed by atoms with Crippen molar-refractivity contribution >= 4 is 17.4 Å². The number of hydrogen-bond acceptors (Lipinski definition) is 7. The Morgan fingerprint density at radius 2 is 1.94 bits per heavy atom. The fraction of sp³-hybridized carbons (Fsp3) is 0.250. The Morgan fingerprint density at radius 1 is 1.09 bits per heavy atom. The number of ketones is 1. The molecule has 1 fully saturated rings. The maximum absolute atomic E-state index is 13.1. The fourth-order valence-corrected chi connectivity index (χ4v) is 3.98. The van der Waals surface area contributed by atoms with Gasteiger partial charge < -0.3 is 24.0 Å². The van der Waals surface area contributed by atoms with Gasteiger partial charge in [0.15, 0.2) is 0 Å². The Balaban J connectivity index is 1.75. The monoisotopic (exact) mass is 448 g/mol. The summed E-state index contributed by atoms with van der Waals surface area (Å²) in [5.41, 5.74) is 0.927. The van der Waals surface area contributed by atoms with Gasteiger partial charge in [-0.3, -0.25) is 14.6 Å². The highest BCUT2D eigenvalue weighted by atomic mass is 16.5. The van der Waals surface area contributed by atoms with Gasteiger partial charge in [-0.25, -0.2) is 4.98 Å². The Morgan fingerprint density at radius 3 is 2.61 bits per heavy atom. The zero-order valence-corrected chi connectivity index (χ0v) is 18.3. The minimum absolute atomic E-state index is 0.000835. The second kappa shape index (κ2) is 9.56. The molecule has 9 heteroatoms. The van der Waals surface area contributed by atoms with Gasteiger partial charge in [0.05, 0.1) is 37.7 Å². The van der Waals surface area contributed by atoms with Gasteiger partial charge in [0.2, 0.25) is 0 Å². The van der Waals surface area contributed by atoms with Crippen molar-refractivity contribution in [3.8, 4) is 11.5 Å². The Hall–Kier alpha value is -4.14. The number of Topliss-reactive ketones (excluding diaryl/α,β-unsaturated/α-hetero) is 1. The Labute approximate surface area is 190 Å². The van der Waals surface area contributed by atoms with E-state index in [1.807, 2.05) is 10.8 Å². The number of rotatable bonds is 8. The maximum Gasteiger partial charge on any atom is 0.295 e. The van der Waals surface area contributed by atoms with E-state index in [1.54, 1.807) is 55.2 Å². The molecule has 1 aromatic carbocycles. The summed E-state index contributed by atoms with van der Waals surface area (Å²) in [6.07, 6.45) is 9.03. The number of amides is 1. The number of likely N-dealkylation sites (tertiary alicyclic amines) is 1. The zero-order valence-electron chi connectivity index (χ0n) is 18.3. The van der Waals surface area contributed by atoms with Crippen LogP contribution >= 0.6 is 0 Å². The van der Waals surface area contributed by atoms with E-state index in [2.05, 4.69) is 9.97 Å². The predicted octanol–water partition coefficient (Wildman–Crippen LogP) is 2.81. The van der Waals surface area contributed by atoms with Crippen molar-refractivity contribution in [3.05, 3.63) is 78.1 Å². The zero-order chi connectivity index (χ0) is 23.4. The summed E-state index contributed by atoms with van der Waals surface area (Å²) in [6, 6.07) is 7.60. The lowest BCUT2D eigenvalue weighted by Crippen LogP contribution is -2.31. The van der Waals surface area contributed by atoms with Crippen LogP contribution in [0.1, 0.15) is 23.6 Å². The Kier molecular flexibility index (Phi) is 6.39. The molecule has 0 spiro atoms. The minimum Gasteiger partial charge on any atom is -0.507 e. The lowest BCUT2D eigenvalue weighted by molar-refractivity contribution is -0.139. The van der Waals surface area contributed by atoms with Gasteiger partial charge in [-0.2, -0.15) is 0 Å². The van der Waals surface area contributed by atoms with Gasteiger partial charge in [0, 0.05) is 43.9 Å². The molecule has 170 valence electrons. The summed E-state index contributed by atoms with van der Waals surface area (Å²) >= 11 is 0. The van der Waals surface area contributed by atoms with Crippen molar-refractivity contribution in [2.24, 2.45) is 0 Å². The number of hydrogen-bond donors (Lipinski definition) is 1. The van der Waals surface area contributed by atoms with E-state index in [0.29, 0.717) is 42.1 Å². The first-order valence-corrected chi connectivity index (χ1v) is 10.4. The minimum atomic E-state index is -0.770. The number of aliphatic hydroxyl groups excluding tert-OH is 1. The average molecular weight is 448 g/mol. The Bertz CT molecular complexity index is 1170. The fourth-order valence-electron chi connectivity index (χ4n) is 3.98. The number of benzene rings is 1. The van der Waals surface area contributed by atoms with E-state index in [0.717, 1.165) is 0 Å². The number of ether oxygens (including phenoxy) is 2. The van der Waals surface area contributed by atoms with E-state index in [4.69, 9.17) is 9.47 Å². The van der Waals surface area contributed by atoms with E-state index >= 15 is 0 Å².